The minimum atomic E-state index is -0.501. The zero-order valence-electron chi connectivity index (χ0n) is 11.8. The van der Waals surface area contributed by atoms with Crippen molar-refractivity contribution in [3.05, 3.63) is 59.7 Å². The fourth-order valence-electron chi connectivity index (χ4n) is 2.56. The van der Waals surface area contributed by atoms with Crippen molar-refractivity contribution < 1.29 is 9.59 Å². The van der Waals surface area contributed by atoms with Crippen molar-refractivity contribution in [3.63, 3.8) is 0 Å². The second-order valence-corrected chi connectivity index (χ2v) is 5.11. The maximum atomic E-state index is 12.5. The van der Waals surface area contributed by atoms with Crippen molar-refractivity contribution >= 4 is 23.2 Å². The number of benzene rings is 2. The van der Waals surface area contributed by atoms with Gasteiger partial charge in [0.25, 0.3) is 0 Å². The molecular weight excluding hydrogens is 276 g/mol. The molecule has 4 heteroatoms. The molecule has 0 saturated carbocycles. The molecule has 0 saturated heterocycles. The summed E-state index contributed by atoms with van der Waals surface area (Å²) < 4.78 is 0. The number of rotatable bonds is 2. The lowest BCUT2D eigenvalue weighted by Crippen LogP contribution is -2.30. The summed E-state index contributed by atoms with van der Waals surface area (Å²) in [7, 11) is 0. The lowest BCUT2D eigenvalue weighted by Gasteiger charge is -2.24. The number of fused-ring (bicyclic) bond motifs is 1. The monoisotopic (exact) mass is 290 g/mol. The van der Waals surface area contributed by atoms with E-state index in [1.54, 1.807) is 30.3 Å². The van der Waals surface area contributed by atoms with Gasteiger partial charge in [-0.1, -0.05) is 30.2 Å². The van der Waals surface area contributed by atoms with E-state index in [0.29, 0.717) is 16.9 Å². The first-order chi connectivity index (χ1) is 10.7. The smallest absolute Gasteiger partial charge is 0.232 e. The third kappa shape index (κ3) is 2.70. The predicted octanol–water partition coefficient (Wildman–Crippen LogP) is 2.73. The number of hydrogen-bond acceptors (Lipinski definition) is 2. The predicted molar refractivity (Wildman–Crippen MR) is 85.4 cm³/mol. The normalized spacial score (nSPS) is 16.1. The Morgan fingerprint density at radius 2 is 2.05 bits per heavy atom. The van der Waals surface area contributed by atoms with Gasteiger partial charge in [-0.05, 0) is 29.8 Å². The molecular formula is C18H14N2O2. The number of carbonyl (C=O) groups is 2. The van der Waals surface area contributed by atoms with Gasteiger partial charge in [-0.2, -0.15) is 0 Å². The molecule has 22 heavy (non-hydrogen) atoms. The van der Waals surface area contributed by atoms with Crippen LogP contribution in [0.25, 0.3) is 0 Å². The van der Waals surface area contributed by atoms with Crippen LogP contribution in [0.4, 0.5) is 11.4 Å². The third-order valence-electron chi connectivity index (χ3n) is 3.61. The molecule has 0 fully saturated rings. The van der Waals surface area contributed by atoms with E-state index in [9.17, 15) is 9.59 Å². The fraction of sp³-hybridized carbons (Fsp3) is 0.111. The van der Waals surface area contributed by atoms with Gasteiger partial charge < -0.3 is 10.6 Å². The summed E-state index contributed by atoms with van der Waals surface area (Å²) >= 11 is 0. The van der Waals surface area contributed by atoms with E-state index in [-0.39, 0.29) is 18.2 Å². The van der Waals surface area contributed by atoms with E-state index >= 15 is 0 Å². The average Bonchev–Trinajstić information content (AvgIpc) is 2.54. The summed E-state index contributed by atoms with van der Waals surface area (Å²) in [6.45, 7) is 0. The Kier molecular flexibility index (Phi) is 3.63. The summed E-state index contributed by atoms with van der Waals surface area (Å²) in [6, 6.07) is 14.4. The van der Waals surface area contributed by atoms with E-state index in [4.69, 9.17) is 6.42 Å². The van der Waals surface area contributed by atoms with E-state index < -0.39 is 5.92 Å². The SMILES string of the molecule is C#Cc1cccc(NC(=O)C2CC(=O)Nc3ccccc32)c1. The molecule has 1 aliphatic rings. The molecule has 0 aliphatic carbocycles. The Morgan fingerprint density at radius 1 is 1.23 bits per heavy atom. The van der Waals surface area contributed by atoms with Gasteiger partial charge in [0.1, 0.15) is 0 Å². The standard InChI is InChI=1S/C18H14N2O2/c1-2-12-6-5-7-13(10-12)19-18(22)15-11-17(21)20-16-9-4-3-8-14(15)16/h1,3-10,15H,11H2,(H,19,22)(H,20,21). The van der Waals surface area contributed by atoms with Crippen LogP contribution in [0.15, 0.2) is 48.5 Å². The molecule has 108 valence electrons. The molecule has 2 aromatic carbocycles. The Balaban J connectivity index is 1.86. The van der Waals surface area contributed by atoms with E-state index in [2.05, 4.69) is 16.6 Å². The van der Waals surface area contributed by atoms with Crippen LogP contribution >= 0.6 is 0 Å². The summed E-state index contributed by atoms with van der Waals surface area (Å²) in [5.41, 5.74) is 2.84. The molecule has 1 unspecified atom stereocenters. The first-order valence-electron chi connectivity index (χ1n) is 6.93. The van der Waals surface area contributed by atoms with Gasteiger partial charge >= 0.3 is 0 Å². The molecule has 2 amide bonds. The number of hydrogen-bond donors (Lipinski definition) is 2. The van der Waals surface area contributed by atoms with E-state index in [1.807, 2.05) is 18.2 Å². The van der Waals surface area contributed by atoms with Gasteiger partial charge in [0, 0.05) is 23.4 Å². The summed E-state index contributed by atoms with van der Waals surface area (Å²) in [4.78, 5) is 24.3. The van der Waals surface area contributed by atoms with E-state index in [1.165, 1.54) is 0 Å². The minimum absolute atomic E-state index is 0.137. The van der Waals surface area contributed by atoms with Gasteiger partial charge in [0.05, 0.1) is 5.92 Å². The maximum Gasteiger partial charge on any atom is 0.232 e. The minimum Gasteiger partial charge on any atom is -0.326 e. The molecule has 1 aliphatic heterocycles. The number of nitrogens with one attached hydrogen (secondary N) is 2. The van der Waals surface area contributed by atoms with Crippen molar-refractivity contribution in [2.75, 3.05) is 10.6 Å². The molecule has 0 bridgehead atoms. The topological polar surface area (TPSA) is 58.2 Å². The average molecular weight is 290 g/mol. The second kappa shape index (κ2) is 5.74. The van der Waals surface area contributed by atoms with Gasteiger partial charge in [0.2, 0.25) is 11.8 Å². The van der Waals surface area contributed by atoms with Gasteiger partial charge in [-0.3, -0.25) is 9.59 Å². The highest BCUT2D eigenvalue weighted by Crippen LogP contribution is 2.32. The summed E-state index contributed by atoms with van der Waals surface area (Å²) in [5.74, 6) is 1.66. The first-order valence-corrected chi connectivity index (χ1v) is 6.93. The highest BCUT2D eigenvalue weighted by Gasteiger charge is 2.30. The van der Waals surface area contributed by atoms with Crippen molar-refractivity contribution in [1.82, 2.24) is 0 Å². The third-order valence-corrected chi connectivity index (χ3v) is 3.61. The van der Waals surface area contributed by atoms with Crippen LogP contribution in [-0.4, -0.2) is 11.8 Å². The number of terminal acetylenes is 1. The van der Waals surface area contributed by atoms with Gasteiger partial charge in [-0.15, -0.1) is 6.42 Å². The van der Waals surface area contributed by atoms with Crippen LogP contribution in [-0.2, 0) is 9.59 Å². The number of anilines is 2. The number of carbonyl (C=O) groups excluding carboxylic acids is 2. The van der Waals surface area contributed by atoms with Crippen LogP contribution in [0, 0.1) is 12.3 Å². The van der Waals surface area contributed by atoms with Crippen molar-refractivity contribution in [2.45, 2.75) is 12.3 Å². The molecule has 0 aromatic heterocycles. The van der Waals surface area contributed by atoms with Gasteiger partial charge in [0.15, 0.2) is 0 Å². The highest BCUT2D eigenvalue weighted by molar-refractivity contribution is 6.05. The van der Waals surface area contributed by atoms with Crippen LogP contribution in [0.2, 0.25) is 0 Å². The van der Waals surface area contributed by atoms with Crippen LogP contribution in [0.1, 0.15) is 23.5 Å². The Bertz CT molecular complexity index is 790. The number of amides is 2. The largest absolute Gasteiger partial charge is 0.326 e. The lowest BCUT2D eigenvalue weighted by molar-refractivity contribution is -0.123. The molecule has 2 aromatic rings. The van der Waals surface area contributed by atoms with Crippen LogP contribution < -0.4 is 10.6 Å². The van der Waals surface area contributed by atoms with E-state index in [0.717, 1.165) is 5.56 Å². The molecule has 0 spiro atoms. The fourth-order valence-corrected chi connectivity index (χ4v) is 2.56. The van der Waals surface area contributed by atoms with Crippen molar-refractivity contribution in [2.24, 2.45) is 0 Å². The summed E-state index contributed by atoms with van der Waals surface area (Å²) in [5, 5.41) is 5.61. The quantitative estimate of drug-likeness (QED) is 0.836. The highest BCUT2D eigenvalue weighted by atomic mass is 16.2. The molecule has 2 N–H and O–H groups in total. The zero-order chi connectivity index (χ0) is 15.5. The number of para-hydroxylation sites is 1. The Morgan fingerprint density at radius 3 is 2.86 bits per heavy atom. The maximum absolute atomic E-state index is 12.5. The molecule has 1 heterocycles. The molecule has 1 atom stereocenters. The second-order valence-electron chi connectivity index (χ2n) is 5.11. The molecule has 3 rings (SSSR count). The zero-order valence-corrected chi connectivity index (χ0v) is 11.8. The van der Waals surface area contributed by atoms with Crippen LogP contribution in [0.3, 0.4) is 0 Å². The summed E-state index contributed by atoms with van der Waals surface area (Å²) in [6.07, 6.45) is 5.49. The first kappa shape index (κ1) is 13.9. The molecule has 0 radical (unpaired) electrons. The Hall–Kier alpha value is -3.06. The molecule has 4 nitrogen and oxygen atoms in total. The lowest BCUT2D eigenvalue weighted by atomic mass is 9.90. The van der Waals surface area contributed by atoms with Crippen LogP contribution in [0.5, 0.6) is 0 Å². The Labute approximate surface area is 128 Å². The van der Waals surface area contributed by atoms with Gasteiger partial charge in [-0.25, -0.2) is 0 Å². The van der Waals surface area contributed by atoms with Crippen molar-refractivity contribution in [3.8, 4) is 12.3 Å². The van der Waals surface area contributed by atoms with Crippen molar-refractivity contribution in [1.29, 1.82) is 0 Å².